The summed E-state index contributed by atoms with van der Waals surface area (Å²) in [5.41, 5.74) is -0.0143. The Morgan fingerprint density at radius 1 is 1.26 bits per heavy atom. The number of carbonyl (C=O) groups excluding carboxylic acids is 2. The number of piperidine rings is 1. The number of rotatable bonds is 1. The minimum atomic E-state index is -0.841. The molecule has 7 atom stereocenters. The highest BCUT2D eigenvalue weighted by Crippen LogP contribution is 2.66. The number of methoxy groups -OCH3 is 1. The molecule has 1 N–H and O–H groups in total. The molecular weight excluding hydrogens is 400 g/mol. The van der Waals surface area contributed by atoms with Crippen molar-refractivity contribution >= 4 is 17.4 Å². The van der Waals surface area contributed by atoms with E-state index in [-0.39, 0.29) is 59.5 Å². The van der Waals surface area contributed by atoms with Gasteiger partial charge in [0.15, 0.2) is 11.5 Å². The van der Waals surface area contributed by atoms with E-state index in [4.69, 9.17) is 14.2 Å². The number of ether oxygens (including phenoxy) is 3. The van der Waals surface area contributed by atoms with E-state index in [1.54, 1.807) is 11.0 Å². The van der Waals surface area contributed by atoms with Crippen LogP contribution in [0.15, 0.2) is 12.1 Å². The monoisotopic (exact) mass is 426 g/mol. The van der Waals surface area contributed by atoms with Crippen molar-refractivity contribution in [3.63, 3.8) is 0 Å². The minimum absolute atomic E-state index is 0.00475. The average molecular weight is 426 g/mol. The molecule has 0 aromatic heterocycles. The summed E-state index contributed by atoms with van der Waals surface area (Å²) in [6.45, 7) is 1.97. The number of hydrogen-bond acceptors (Lipinski definition) is 7. The number of ketones is 1. The first-order valence-corrected chi connectivity index (χ1v) is 11.2. The van der Waals surface area contributed by atoms with E-state index in [2.05, 4.69) is 11.9 Å². The first-order valence-electron chi connectivity index (χ1n) is 11.2. The van der Waals surface area contributed by atoms with Crippen LogP contribution >= 0.6 is 0 Å². The van der Waals surface area contributed by atoms with Crippen LogP contribution in [0, 0.1) is 11.8 Å². The smallest absolute Gasteiger partial charge is 0.230 e. The summed E-state index contributed by atoms with van der Waals surface area (Å²) in [6.07, 6.45) is 1.05. The Bertz CT molecular complexity index is 1040. The average Bonchev–Trinajstić information content (AvgIpc) is 3.34. The van der Waals surface area contributed by atoms with Gasteiger partial charge in [0.2, 0.25) is 5.91 Å². The summed E-state index contributed by atoms with van der Waals surface area (Å²) < 4.78 is 17.9. The highest BCUT2D eigenvalue weighted by atomic mass is 16.6. The number of phenols is 1. The number of amides is 1. The number of nitrogens with zero attached hydrogens (tertiary/aromatic N) is 2. The predicted octanol–water partition coefficient (Wildman–Crippen LogP) is 0.835. The predicted molar refractivity (Wildman–Crippen MR) is 108 cm³/mol. The molecule has 1 aliphatic carbocycles. The first kappa shape index (κ1) is 18.4. The van der Waals surface area contributed by atoms with Gasteiger partial charge in [0, 0.05) is 24.8 Å². The molecule has 2 spiro atoms. The molecule has 5 saturated heterocycles. The molecule has 7 aliphatic rings. The van der Waals surface area contributed by atoms with Gasteiger partial charge < -0.3 is 29.1 Å². The van der Waals surface area contributed by atoms with Gasteiger partial charge in [0.25, 0.3) is 0 Å². The number of aromatic hydroxyl groups is 1. The number of Topliss-reactive ketones (excluding diaryl/α,β-unsaturated/α-hetero) is 1. The van der Waals surface area contributed by atoms with Crippen molar-refractivity contribution < 1.29 is 28.9 Å². The number of likely N-dealkylation sites (N-methyl/N-ethyl adjacent to an activating group) is 1. The molecule has 8 nitrogen and oxygen atoms in total. The van der Waals surface area contributed by atoms with Gasteiger partial charge in [-0.1, -0.05) is 6.07 Å². The van der Waals surface area contributed by atoms with Gasteiger partial charge in [0.1, 0.15) is 17.5 Å². The Balaban J connectivity index is 1.53. The molecule has 31 heavy (non-hydrogen) atoms. The topological polar surface area (TPSA) is 91.8 Å². The largest absolute Gasteiger partial charge is 0.503 e. The standard InChI is InChI=1S/C23H26N2O6/c1-24-6-5-22-11-3-4-13(29-2)20(28)19(11)25-17(27)8-14-18(21(22)25)12(7-15(22)26)23(10-24)16(31-23)9-30-14/h3-4,12,14,16,18,21,28H,5-10H2,1-2H3/t12-,14+,16-,18+,21+,22+,23+/m1/s1. The maximum atomic E-state index is 14.0. The molecule has 1 amide bonds. The van der Waals surface area contributed by atoms with Crippen molar-refractivity contribution in [3.8, 4) is 11.5 Å². The molecule has 6 fully saturated rings. The van der Waals surface area contributed by atoms with Gasteiger partial charge in [-0.2, -0.15) is 0 Å². The number of phenolic OH excluding ortho intramolecular Hbond substituents is 1. The minimum Gasteiger partial charge on any atom is -0.503 e. The lowest BCUT2D eigenvalue weighted by atomic mass is 9.54. The first-order chi connectivity index (χ1) is 14.9. The fraction of sp³-hybridized carbons (Fsp3) is 0.652. The van der Waals surface area contributed by atoms with Gasteiger partial charge in [-0.15, -0.1) is 0 Å². The van der Waals surface area contributed by atoms with Crippen LogP contribution in [0.3, 0.4) is 0 Å². The van der Waals surface area contributed by atoms with Gasteiger partial charge in [-0.05, 0) is 31.6 Å². The van der Waals surface area contributed by atoms with Crippen LogP contribution in [-0.2, 0) is 24.5 Å². The van der Waals surface area contributed by atoms with Gasteiger partial charge in [-0.3, -0.25) is 9.59 Å². The molecule has 4 bridgehead atoms. The van der Waals surface area contributed by atoms with E-state index in [0.717, 1.165) is 18.7 Å². The van der Waals surface area contributed by atoms with Crippen LogP contribution in [0.4, 0.5) is 5.69 Å². The van der Waals surface area contributed by atoms with Gasteiger partial charge >= 0.3 is 0 Å². The van der Waals surface area contributed by atoms with E-state index >= 15 is 0 Å². The zero-order chi connectivity index (χ0) is 21.3. The van der Waals surface area contributed by atoms with Crippen molar-refractivity contribution in [1.82, 2.24) is 4.90 Å². The summed E-state index contributed by atoms with van der Waals surface area (Å²) in [7, 11) is 3.58. The van der Waals surface area contributed by atoms with Crippen LogP contribution in [-0.4, -0.2) is 79.4 Å². The van der Waals surface area contributed by atoms with Gasteiger partial charge in [-0.25, -0.2) is 0 Å². The normalized spacial score (nSPS) is 44.7. The highest BCUT2D eigenvalue weighted by Gasteiger charge is 2.75. The maximum absolute atomic E-state index is 14.0. The lowest BCUT2D eigenvalue weighted by Gasteiger charge is -2.53. The van der Waals surface area contributed by atoms with Crippen LogP contribution < -0.4 is 9.64 Å². The van der Waals surface area contributed by atoms with E-state index in [1.165, 1.54) is 7.11 Å². The summed E-state index contributed by atoms with van der Waals surface area (Å²) in [6, 6.07) is 3.24. The van der Waals surface area contributed by atoms with Crippen LogP contribution in [0.5, 0.6) is 11.5 Å². The fourth-order valence-electron chi connectivity index (χ4n) is 7.71. The maximum Gasteiger partial charge on any atom is 0.230 e. The second kappa shape index (κ2) is 5.60. The SMILES string of the molecule is COc1ccc2c(c1O)N1C(=O)C[C@@H]3OC[C@H]4O[C@]45CN(C)CC[C@@]24C(=O)C[C@@H]5[C@@H]3[C@H]14. The number of hydrogen-bond donors (Lipinski definition) is 1. The fourth-order valence-corrected chi connectivity index (χ4v) is 7.71. The van der Waals surface area contributed by atoms with Crippen LogP contribution in [0.25, 0.3) is 0 Å². The van der Waals surface area contributed by atoms with Crippen molar-refractivity contribution in [3.05, 3.63) is 17.7 Å². The lowest BCUT2D eigenvalue weighted by molar-refractivity contribution is -0.144. The molecule has 6 heterocycles. The molecular formula is C23H26N2O6. The van der Waals surface area contributed by atoms with Crippen molar-refractivity contribution in [2.24, 2.45) is 11.8 Å². The summed E-state index contributed by atoms with van der Waals surface area (Å²) in [5, 5.41) is 11.1. The van der Waals surface area contributed by atoms with E-state index in [0.29, 0.717) is 30.9 Å². The number of carbonyl (C=O) groups is 2. The summed E-state index contributed by atoms with van der Waals surface area (Å²) in [4.78, 5) is 31.5. The molecule has 6 aliphatic heterocycles. The Labute approximate surface area is 180 Å². The molecule has 8 rings (SSSR count). The van der Waals surface area contributed by atoms with Crippen LogP contribution in [0.2, 0.25) is 0 Å². The molecule has 164 valence electrons. The summed E-state index contributed by atoms with van der Waals surface area (Å²) >= 11 is 0. The second-order valence-electron chi connectivity index (χ2n) is 10.1. The number of benzene rings is 1. The van der Waals surface area contributed by atoms with E-state index in [1.807, 2.05) is 6.07 Å². The highest BCUT2D eigenvalue weighted by molar-refractivity contribution is 6.07. The van der Waals surface area contributed by atoms with Crippen molar-refractivity contribution in [2.45, 2.75) is 48.5 Å². The number of anilines is 1. The molecule has 0 unspecified atom stereocenters. The second-order valence-corrected chi connectivity index (χ2v) is 10.1. The Morgan fingerprint density at radius 3 is 2.90 bits per heavy atom. The molecule has 0 radical (unpaired) electrons. The van der Waals surface area contributed by atoms with Crippen LogP contribution in [0.1, 0.15) is 24.8 Å². The zero-order valence-corrected chi connectivity index (χ0v) is 17.7. The van der Waals surface area contributed by atoms with Crippen molar-refractivity contribution in [1.29, 1.82) is 0 Å². The molecule has 1 aromatic carbocycles. The number of epoxide rings is 1. The third-order valence-corrected chi connectivity index (χ3v) is 8.99. The Hall–Kier alpha value is -2.16. The third-order valence-electron chi connectivity index (χ3n) is 8.99. The zero-order valence-electron chi connectivity index (χ0n) is 17.7. The molecule has 1 aromatic rings. The lowest BCUT2D eigenvalue weighted by Crippen LogP contribution is -2.67. The third kappa shape index (κ3) is 1.94. The Kier molecular flexibility index (Phi) is 3.33. The summed E-state index contributed by atoms with van der Waals surface area (Å²) in [5.74, 6) is 0.322. The van der Waals surface area contributed by atoms with E-state index in [9.17, 15) is 14.7 Å². The molecule has 8 heteroatoms. The van der Waals surface area contributed by atoms with Crippen molar-refractivity contribution in [2.75, 3.05) is 38.8 Å². The quantitative estimate of drug-likeness (QED) is 0.665. The van der Waals surface area contributed by atoms with Gasteiger partial charge in [0.05, 0.1) is 43.4 Å². The van der Waals surface area contributed by atoms with E-state index < -0.39 is 5.41 Å². The number of fused-ring (bicyclic) bond motifs is 6. The Morgan fingerprint density at radius 2 is 2.10 bits per heavy atom. The molecule has 1 saturated carbocycles.